The van der Waals surface area contributed by atoms with Crippen molar-refractivity contribution in [3.63, 3.8) is 0 Å². The molecule has 2 aromatic rings. The average molecular weight is 218 g/mol. The number of benzene rings is 1. The highest BCUT2D eigenvalue weighted by atomic mass is 19.1. The zero-order valence-electron chi connectivity index (χ0n) is 9.08. The number of aryl methyl sites for hydroxylation is 2. The van der Waals surface area contributed by atoms with E-state index in [4.69, 9.17) is 4.42 Å². The molecule has 0 aliphatic carbocycles. The second-order valence-corrected chi connectivity index (χ2v) is 3.76. The van der Waals surface area contributed by atoms with Gasteiger partial charge in [-0.3, -0.25) is 4.79 Å². The van der Waals surface area contributed by atoms with Crippen LogP contribution in [0.2, 0.25) is 0 Å². The molecule has 0 bridgehead atoms. The summed E-state index contributed by atoms with van der Waals surface area (Å²) in [6.45, 7) is 3.56. The second-order valence-electron chi connectivity index (χ2n) is 3.76. The topological polar surface area (TPSA) is 30.2 Å². The summed E-state index contributed by atoms with van der Waals surface area (Å²) in [4.78, 5) is 11.9. The summed E-state index contributed by atoms with van der Waals surface area (Å²) in [5, 5.41) is 0. The van der Waals surface area contributed by atoms with Crippen LogP contribution in [-0.2, 0) is 0 Å². The predicted octanol–water partition coefficient (Wildman–Crippen LogP) is 3.27. The SMILES string of the molecule is Cc1ccc(F)c(C(=O)c2coc(C)c2)c1. The molecule has 0 amide bonds. The highest BCUT2D eigenvalue weighted by Gasteiger charge is 2.15. The van der Waals surface area contributed by atoms with E-state index < -0.39 is 5.82 Å². The summed E-state index contributed by atoms with van der Waals surface area (Å²) in [5.41, 5.74) is 1.31. The van der Waals surface area contributed by atoms with Crippen molar-refractivity contribution in [3.8, 4) is 0 Å². The van der Waals surface area contributed by atoms with Crippen LogP contribution in [0, 0.1) is 19.7 Å². The first-order valence-electron chi connectivity index (χ1n) is 4.94. The van der Waals surface area contributed by atoms with E-state index in [0.717, 1.165) is 5.56 Å². The number of rotatable bonds is 2. The standard InChI is InChI=1S/C13H11FO2/c1-8-3-4-12(14)11(5-8)13(15)10-6-9(2)16-7-10/h3-7H,1-2H3. The minimum absolute atomic E-state index is 0.0841. The van der Waals surface area contributed by atoms with Crippen molar-refractivity contribution in [1.82, 2.24) is 0 Å². The highest BCUT2D eigenvalue weighted by Crippen LogP contribution is 2.17. The van der Waals surface area contributed by atoms with Crippen molar-refractivity contribution in [2.75, 3.05) is 0 Å². The minimum atomic E-state index is -0.505. The van der Waals surface area contributed by atoms with E-state index in [9.17, 15) is 9.18 Å². The van der Waals surface area contributed by atoms with Crippen LogP contribution in [0.15, 0.2) is 34.9 Å². The molecule has 2 nitrogen and oxygen atoms in total. The van der Waals surface area contributed by atoms with Crippen molar-refractivity contribution in [1.29, 1.82) is 0 Å². The third-order valence-electron chi connectivity index (χ3n) is 2.36. The van der Waals surface area contributed by atoms with Gasteiger partial charge in [-0.15, -0.1) is 0 Å². The Labute approximate surface area is 92.7 Å². The number of carbonyl (C=O) groups excluding carboxylic acids is 1. The molecule has 0 radical (unpaired) electrons. The lowest BCUT2D eigenvalue weighted by molar-refractivity contribution is 0.103. The number of hydrogen-bond acceptors (Lipinski definition) is 2. The van der Waals surface area contributed by atoms with Crippen LogP contribution in [-0.4, -0.2) is 5.78 Å². The third-order valence-corrected chi connectivity index (χ3v) is 2.36. The molecule has 1 heterocycles. The molecule has 0 aliphatic heterocycles. The monoisotopic (exact) mass is 218 g/mol. The molecule has 1 aromatic carbocycles. The molecule has 3 heteroatoms. The quantitative estimate of drug-likeness (QED) is 0.724. The van der Waals surface area contributed by atoms with Gasteiger partial charge in [0.25, 0.3) is 0 Å². The number of carbonyl (C=O) groups is 1. The molecule has 82 valence electrons. The number of halogens is 1. The Morgan fingerprint density at radius 1 is 1.25 bits per heavy atom. The van der Waals surface area contributed by atoms with Crippen molar-refractivity contribution >= 4 is 5.78 Å². The molecule has 0 unspecified atom stereocenters. The summed E-state index contributed by atoms with van der Waals surface area (Å²) >= 11 is 0. The molecule has 16 heavy (non-hydrogen) atoms. The van der Waals surface area contributed by atoms with Gasteiger partial charge in [-0.05, 0) is 32.0 Å². The normalized spacial score (nSPS) is 10.4. The van der Waals surface area contributed by atoms with Gasteiger partial charge in [-0.1, -0.05) is 11.6 Å². The van der Waals surface area contributed by atoms with Crippen LogP contribution >= 0.6 is 0 Å². The van der Waals surface area contributed by atoms with Gasteiger partial charge in [0, 0.05) is 0 Å². The van der Waals surface area contributed by atoms with E-state index in [2.05, 4.69) is 0 Å². The fraction of sp³-hybridized carbons (Fsp3) is 0.154. The van der Waals surface area contributed by atoms with Crippen molar-refractivity contribution in [2.24, 2.45) is 0 Å². The first-order valence-corrected chi connectivity index (χ1v) is 4.94. The Hall–Kier alpha value is -1.90. The van der Waals surface area contributed by atoms with Crippen LogP contribution in [0.3, 0.4) is 0 Å². The average Bonchev–Trinajstić information content (AvgIpc) is 2.67. The van der Waals surface area contributed by atoms with Crippen LogP contribution in [0.25, 0.3) is 0 Å². The molecule has 2 rings (SSSR count). The first-order chi connectivity index (χ1) is 7.58. The molecule has 0 atom stereocenters. The zero-order chi connectivity index (χ0) is 11.7. The summed E-state index contributed by atoms with van der Waals surface area (Å²) in [5.74, 6) is -0.219. The van der Waals surface area contributed by atoms with Gasteiger partial charge in [0.2, 0.25) is 0 Å². The Morgan fingerprint density at radius 2 is 2.00 bits per heavy atom. The van der Waals surface area contributed by atoms with Crippen molar-refractivity contribution < 1.29 is 13.6 Å². The summed E-state index contributed by atoms with van der Waals surface area (Å²) < 4.78 is 18.5. The lowest BCUT2D eigenvalue weighted by Crippen LogP contribution is -2.03. The van der Waals surface area contributed by atoms with Gasteiger partial charge in [-0.25, -0.2) is 4.39 Å². The molecular formula is C13H11FO2. The van der Waals surface area contributed by atoms with Crippen LogP contribution in [0.5, 0.6) is 0 Å². The van der Waals surface area contributed by atoms with E-state index >= 15 is 0 Å². The third kappa shape index (κ3) is 1.89. The number of furan rings is 1. The zero-order valence-corrected chi connectivity index (χ0v) is 9.08. The lowest BCUT2D eigenvalue weighted by atomic mass is 10.0. The van der Waals surface area contributed by atoms with Gasteiger partial charge >= 0.3 is 0 Å². The molecule has 0 spiro atoms. The largest absolute Gasteiger partial charge is 0.469 e. The minimum Gasteiger partial charge on any atom is -0.469 e. The fourth-order valence-electron chi connectivity index (χ4n) is 1.53. The van der Waals surface area contributed by atoms with Crippen LogP contribution in [0.1, 0.15) is 27.2 Å². The van der Waals surface area contributed by atoms with Gasteiger partial charge < -0.3 is 4.42 Å². The van der Waals surface area contributed by atoms with Crippen LogP contribution < -0.4 is 0 Å². The summed E-state index contributed by atoms with van der Waals surface area (Å²) in [6.07, 6.45) is 1.35. The maximum Gasteiger partial charge on any atom is 0.199 e. The lowest BCUT2D eigenvalue weighted by Gasteiger charge is -2.01. The molecule has 0 fully saturated rings. The van der Waals surface area contributed by atoms with Gasteiger partial charge in [0.1, 0.15) is 17.8 Å². The molecule has 0 aliphatic rings. The predicted molar refractivity (Wildman–Crippen MR) is 58.0 cm³/mol. The number of hydrogen-bond donors (Lipinski definition) is 0. The second kappa shape index (κ2) is 3.93. The smallest absolute Gasteiger partial charge is 0.199 e. The van der Waals surface area contributed by atoms with E-state index in [-0.39, 0.29) is 11.3 Å². The Balaban J connectivity index is 2.45. The van der Waals surface area contributed by atoms with E-state index in [1.165, 1.54) is 12.3 Å². The van der Waals surface area contributed by atoms with Gasteiger partial charge in [0.05, 0.1) is 11.1 Å². The molecule has 1 aromatic heterocycles. The maximum atomic E-state index is 13.5. The van der Waals surface area contributed by atoms with Gasteiger partial charge in [0.15, 0.2) is 5.78 Å². The van der Waals surface area contributed by atoms with Crippen LogP contribution in [0.4, 0.5) is 4.39 Å². The Bertz CT molecular complexity index is 541. The Morgan fingerprint density at radius 3 is 2.62 bits per heavy atom. The van der Waals surface area contributed by atoms with E-state index in [1.54, 1.807) is 25.1 Å². The Kier molecular flexibility index (Phi) is 2.60. The summed E-state index contributed by atoms with van der Waals surface area (Å²) in [6, 6.07) is 6.08. The van der Waals surface area contributed by atoms with Crippen molar-refractivity contribution in [2.45, 2.75) is 13.8 Å². The van der Waals surface area contributed by atoms with Gasteiger partial charge in [-0.2, -0.15) is 0 Å². The van der Waals surface area contributed by atoms with Crippen molar-refractivity contribution in [3.05, 3.63) is 58.8 Å². The molecule has 0 saturated heterocycles. The molecule has 0 N–H and O–H groups in total. The summed E-state index contributed by atoms with van der Waals surface area (Å²) in [7, 11) is 0. The number of ketones is 1. The fourth-order valence-corrected chi connectivity index (χ4v) is 1.53. The first kappa shape index (κ1) is 10.6. The molecular weight excluding hydrogens is 207 g/mol. The highest BCUT2D eigenvalue weighted by molar-refractivity contribution is 6.09. The van der Waals surface area contributed by atoms with E-state index in [0.29, 0.717) is 11.3 Å². The molecule has 0 saturated carbocycles. The van der Waals surface area contributed by atoms with E-state index in [1.807, 2.05) is 6.92 Å². The maximum absolute atomic E-state index is 13.5.